The summed E-state index contributed by atoms with van der Waals surface area (Å²) in [6.45, 7) is 3.85. The molecule has 0 spiro atoms. The smallest absolute Gasteiger partial charge is 0.146 e. The maximum Gasteiger partial charge on any atom is 0.146 e. The third kappa shape index (κ3) is 4.43. The Balaban J connectivity index is 1.52. The highest BCUT2D eigenvalue weighted by Crippen LogP contribution is 2.25. The van der Waals surface area contributed by atoms with Crippen LogP contribution in [0.2, 0.25) is 0 Å². The maximum absolute atomic E-state index is 14.4. The molecule has 128 valence electrons. The Morgan fingerprint density at radius 3 is 2.57 bits per heavy atom. The summed E-state index contributed by atoms with van der Waals surface area (Å²) in [5.74, 6) is 0.327. The lowest BCUT2D eigenvalue weighted by Crippen LogP contribution is -2.36. The normalized spacial score (nSPS) is 25.6. The molecule has 0 amide bonds. The molecule has 3 rings (SSSR count). The molecule has 23 heavy (non-hydrogen) atoms. The van der Waals surface area contributed by atoms with Crippen molar-refractivity contribution in [1.29, 1.82) is 0 Å². The van der Waals surface area contributed by atoms with Crippen molar-refractivity contribution in [1.82, 2.24) is 5.32 Å². The molecule has 4 nitrogen and oxygen atoms in total. The molecule has 1 saturated carbocycles. The minimum Gasteiger partial charge on any atom is -0.396 e. The van der Waals surface area contributed by atoms with Gasteiger partial charge < -0.3 is 20.1 Å². The first-order chi connectivity index (χ1) is 11.3. The molecule has 1 heterocycles. The number of nitrogens with zero attached hydrogens (tertiary/aromatic N) is 1. The zero-order valence-corrected chi connectivity index (χ0v) is 13.6. The molecule has 1 saturated heterocycles. The molecule has 5 heteroatoms. The second kappa shape index (κ2) is 8.08. The Morgan fingerprint density at radius 2 is 1.91 bits per heavy atom. The van der Waals surface area contributed by atoms with Crippen molar-refractivity contribution in [2.24, 2.45) is 5.92 Å². The number of rotatable bonds is 5. The number of aliphatic hydroxyl groups is 1. The van der Waals surface area contributed by atoms with E-state index >= 15 is 0 Å². The lowest BCUT2D eigenvalue weighted by atomic mass is 9.86. The van der Waals surface area contributed by atoms with E-state index in [1.807, 2.05) is 17.0 Å². The summed E-state index contributed by atoms with van der Waals surface area (Å²) >= 11 is 0. The molecule has 0 atom stereocenters. The fourth-order valence-electron chi connectivity index (χ4n) is 3.53. The van der Waals surface area contributed by atoms with Gasteiger partial charge in [0.25, 0.3) is 0 Å². The van der Waals surface area contributed by atoms with Crippen molar-refractivity contribution < 1.29 is 14.2 Å². The average Bonchev–Trinajstić information content (AvgIpc) is 2.61. The van der Waals surface area contributed by atoms with Crippen molar-refractivity contribution in [2.75, 3.05) is 37.8 Å². The highest BCUT2D eigenvalue weighted by Gasteiger charge is 2.20. The predicted octanol–water partition coefficient (Wildman–Crippen LogP) is 2.30. The summed E-state index contributed by atoms with van der Waals surface area (Å²) in [7, 11) is 0. The number of morpholine rings is 1. The van der Waals surface area contributed by atoms with Crippen LogP contribution in [-0.2, 0) is 11.3 Å². The van der Waals surface area contributed by atoms with E-state index in [4.69, 9.17) is 4.74 Å². The van der Waals surface area contributed by atoms with Gasteiger partial charge in [0.15, 0.2) is 0 Å². The van der Waals surface area contributed by atoms with Crippen LogP contribution in [0, 0.1) is 11.7 Å². The highest BCUT2D eigenvalue weighted by atomic mass is 19.1. The van der Waals surface area contributed by atoms with E-state index in [0.29, 0.717) is 44.0 Å². The van der Waals surface area contributed by atoms with Gasteiger partial charge in [-0.3, -0.25) is 0 Å². The summed E-state index contributed by atoms with van der Waals surface area (Å²) in [5.41, 5.74) is 1.67. The number of nitrogens with one attached hydrogen (secondary N) is 1. The Morgan fingerprint density at radius 1 is 1.17 bits per heavy atom. The first-order valence-electron chi connectivity index (χ1n) is 8.71. The molecule has 1 aliphatic heterocycles. The molecule has 2 N–H and O–H groups in total. The number of halogens is 1. The van der Waals surface area contributed by atoms with Gasteiger partial charge in [-0.15, -0.1) is 0 Å². The Hall–Kier alpha value is -1.17. The number of hydrogen-bond acceptors (Lipinski definition) is 4. The molecule has 1 aliphatic carbocycles. The third-order valence-electron chi connectivity index (χ3n) is 5.06. The van der Waals surface area contributed by atoms with Gasteiger partial charge in [-0.1, -0.05) is 6.07 Å². The van der Waals surface area contributed by atoms with E-state index in [0.717, 1.165) is 44.3 Å². The van der Waals surface area contributed by atoms with Crippen molar-refractivity contribution >= 4 is 5.69 Å². The molecule has 0 unspecified atom stereocenters. The Bertz CT molecular complexity index is 498. The molecular weight excluding hydrogens is 295 g/mol. The van der Waals surface area contributed by atoms with E-state index in [-0.39, 0.29) is 5.82 Å². The first-order valence-corrected chi connectivity index (χ1v) is 8.71. The molecule has 1 aromatic carbocycles. The quantitative estimate of drug-likeness (QED) is 0.873. The van der Waals surface area contributed by atoms with Gasteiger partial charge in [-0.25, -0.2) is 4.39 Å². The second-order valence-corrected chi connectivity index (χ2v) is 6.67. The standard InChI is InChI=1S/C18H27FN2O2/c19-17-11-15(3-6-18(17)21-7-9-23-10-8-21)12-20-16-4-1-14(13-22)2-5-16/h3,6,11,14,16,20,22H,1-2,4-5,7-10,12-13H2. The van der Waals surface area contributed by atoms with E-state index < -0.39 is 0 Å². The second-order valence-electron chi connectivity index (χ2n) is 6.67. The number of aliphatic hydroxyl groups excluding tert-OH is 1. The Kier molecular flexibility index (Phi) is 5.86. The fourth-order valence-corrected chi connectivity index (χ4v) is 3.53. The van der Waals surface area contributed by atoms with Crippen molar-refractivity contribution in [3.05, 3.63) is 29.6 Å². The molecule has 0 bridgehead atoms. The molecule has 2 aliphatic rings. The lowest BCUT2D eigenvalue weighted by Gasteiger charge is -2.29. The van der Waals surface area contributed by atoms with Crippen LogP contribution in [0.25, 0.3) is 0 Å². The van der Waals surface area contributed by atoms with E-state index in [1.165, 1.54) is 0 Å². The summed E-state index contributed by atoms with van der Waals surface area (Å²) in [5, 5.41) is 12.7. The van der Waals surface area contributed by atoms with Crippen LogP contribution in [0.5, 0.6) is 0 Å². The van der Waals surface area contributed by atoms with Crippen LogP contribution in [0.15, 0.2) is 18.2 Å². The van der Waals surface area contributed by atoms with Crippen molar-refractivity contribution in [2.45, 2.75) is 38.3 Å². The maximum atomic E-state index is 14.4. The van der Waals surface area contributed by atoms with Crippen LogP contribution >= 0.6 is 0 Å². The molecule has 1 aromatic rings. The summed E-state index contributed by atoms with van der Waals surface area (Å²) in [4.78, 5) is 2.05. The van der Waals surface area contributed by atoms with E-state index in [9.17, 15) is 9.50 Å². The van der Waals surface area contributed by atoms with Gasteiger partial charge in [0.2, 0.25) is 0 Å². The van der Waals surface area contributed by atoms with Crippen molar-refractivity contribution in [3.8, 4) is 0 Å². The van der Waals surface area contributed by atoms with Gasteiger partial charge in [-0.05, 0) is 49.3 Å². The topological polar surface area (TPSA) is 44.7 Å². The zero-order valence-electron chi connectivity index (χ0n) is 13.6. The van der Waals surface area contributed by atoms with E-state index in [1.54, 1.807) is 6.07 Å². The number of anilines is 1. The predicted molar refractivity (Wildman–Crippen MR) is 89.1 cm³/mol. The van der Waals surface area contributed by atoms with Gasteiger partial charge in [0.05, 0.1) is 18.9 Å². The summed E-state index contributed by atoms with van der Waals surface area (Å²) in [6, 6.07) is 6.04. The summed E-state index contributed by atoms with van der Waals surface area (Å²) < 4.78 is 19.7. The molecular formula is C18H27FN2O2. The number of ether oxygens (including phenoxy) is 1. The number of hydrogen-bond donors (Lipinski definition) is 2. The molecule has 0 radical (unpaired) electrons. The van der Waals surface area contributed by atoms with Crippen LogP contribution in [0.3, 0.4) is 0 Å². The molecule has 0 aromatic heterocycles. The van der Waals surface area contributed by atoms with Crippen LogP contribution in [0.1, 0.15) is 31.2 Å². The van der Waals surface area contributed by atoms with Gasteiger partial charge in [0.1, 0.15) is 5.82 Å². The largest absolute Gasteiger partial charge is 0.396 e. The van der Waals surface area contributed by atoms with E-state index in [2.05, 4.69) is 5.32 Å². The van der Waals surface area contributed by atoms with Crippen molar-refractivity contribution in [3.63, 3.8) is 0 Å². The Labute approximate surface area is 137 Å². The lowest BCUT2D eigenvalue weighted by molar-refractivity contribution is 0.122. The number of benzene rings is 1. The van der Waals surface area contributed by atoms with Crippen LogP contribution in [-0.4, -0.2) is 44.1 Å². The minimum absolute atomic E-state index is 0.143. The third-order valence-corrected chi connectivity index (χ3v) is 5.06. The zero-order chi connectivity index (χ0) is 16.1. The van der Waals surface area contributed by atoms with Gasteiger partial charge in [-0.2, -0.15) is 0 Å². The highest BCUT2D eigenvalue weighted by molar-refractivity contribution is 5.49. The average molecular weight is 322 g/mol. The van der Waals surface area contributed by atoms with Crippen LogP contribution in [0.4, 0.5) is 10.1 Å². The SMILES string of the molecule is OCC1CCC(NCc2ccc(N3CCOCC3)c(F)c2)CC1. The fraction of sp³-hybridized carbons (Fsp3) is 0.667. The molecule has 2 fully saturated rings. The van der Waals surface area contributed by atoms with Gasteiger partial charge in [0, 0.05) is 32.3 Å². The first kappa shape index (κ1) is 16.7. The summed E-state index contributed by atoms with van der Waals surface area (Å²) in [6.07, 6.45) is 4.36. The minimum atomic E-state index is -0.143. The van der Waals surface area contributed by atoms with Crippen LogP contribution < -0.4 is 10.2 Å². The van der Waals surface area contributed by atoms with Gasteiger partial charge >= 0.3 is 0 Å². The monoisotopic (exact) mass is 322 g/mol.